The molecule has 0 bridgehead atoms. The Kier molecular flexibility index (Phi) is 5.52. The molecule has 0 radical (unpaired) electrons. The number of carbonyl (C=O) groups excluding carboxylic acids is 1. The molecule has 0 aromatic heterocycles. The van der Waals surface area contributed by atoms with Crippen LogP contribution in [-0.2, 0) is 14.3 Å². The van der Waals surface area contributed by atoms with E-state index < -0.39 is 11.9 Å². The molecule has 5 nitrogen and oxygen atoms in total. The highest BCUT2D eigenvalue weighted by Gasteiger charge is 2.19. The predicted octanol–water partition coefficient (Wildman–Crippen LogP) is 2.18. The number of nitrogen functional groups attached to an aromatic ring is 1. The molecular weight excluding hydrogens is 275 g/mol. The number of amides is 1. The SMILES string of the molecule is CC(OCC1CCOCC1)C(=O)Nc1ccc(F)cc1N. The van der Waals surface area contributed by atoms with Crippen molar-refractivity contribution in [3.05, 3.63) is 24.0 Å². The van der Waals surface area contributed by atoms with Crippen LogP contribution in [-0.4, -0.2) is 31.8 Å². The van der Waals surface area contributed by atoms with Crippen LogP contribution in [0.15, 0.2) is 18.2 Å². The average Bonchev–Trinajstić information content (AvgIpc) is 2.48. The molecule has 1 unspecified atom stereocenters. The lowest BCUT2D eigenvalue weighted by Gasteiger charge is -2.23. The molecular formula is C15H21FN2O3. The van der Waals surface area contributed by atoms with Crippen LogP contribution < -0.4 is 11.1 Å². The summed E-state index contributed by atoms with van der Waals surface area (Å²) in [7, 11) is 0. The van der Waals surface area contributed by atoms with E-state index in [1.165, 1.54) is 18.2 Å². The van der Waals surface area contributed by atoms with Crippen molar-refractivity contribution in [1.82, 2.24) is 0 Å². The Balaban J connectivity index is 1.81. The third-order valence-corrected chi connectivity index (χ3v) is 3.56. The zero-order valence-corrected chi connectivity index (χ0v) is 12.1. The number of benzene rings is 1. The Labute approximate surface area is 123 Å². The van der Waals surface area contributed by atoms with Gasteiger partial charge in [-0.05, 0) is 43.9 Å². The van der Waals surface area contributed by atoms with Crippen molar-refractivity contribution in [3.63, 3.8) is 0 Å². The minimum absolute atomic E-state index is 0.194. The van der Waals surface area contributed by atoms with Gasteiger partial charge in [-0.3, -0.25) is 4.79 Å². The molecule has 1 saturated heterocycles. The van der Waals surface area contributed by atoms with Crippen molar-refractivity contribution in [1.29, 1.82) is 0 Å². The van der Waals surface area contributed by atoms with Gasteiger partial charge in [-0.1, -0.05) is 0 Å². The van der Waals surface area contributed by atoms with Gasteiger partial charge in [0, 0.05) is 13.2 Å². The van der Waals surface area contributed by atoms with Crippen molar-refractivity contribution in [2.45, 2.75) is 25.9 Å². The second kappa shape index (κ2) is 7.38. The van der Waals surface area contributed by atoms with Gasteiger partial charge in [0.15, 0.2) is 0 Å². The Morgan fingerprint density at radius 3 is 2.90 bits per heavy atom. The number of ether oxygens (including phenoxy) is 2. The van der Waals surface area contributed by atoms with Crippen LogP contribution >= 0.6 is 0 Å². The van der Waals surface area contributed by atoms with Crippen LogP contribution in [0.4, 0.5) is 15.8 Å². The molecule has 0 aliphatic carbocycles. The van der Waals surface area contributed by atoms with E-state index in [1.807, 2.05) is 0 Å². The smallest absolute Gasteiger partial charge is 0.253 e. The van der Waals surface area contributed by atoms with E-state index >= 15 is 0 Å². The largest absolute Gasteiger partial charge is 0.397 e. The second-order valence-corrected chi connectivity index (χ2v) is 5.25. The normalized spacial score (nSPS) is 17.4. The van der Waals surface area contributed by atoms with E-state index in [1.54, 1.807) is 6.92 Å². The highest BCUT2D eigenvalue weighted by atomic mass is 19.1. The summed E-state index contributed by atoms with van der Waals surface area (Å²) in [6.07, 6.45) is 1.33. The van der Waals surface area contributed by atoms with Gasteiger partial charge in [0.2, 0.25) is 0 Å². The van der Waals surface area contributed by atoms with Crippen molar-refractivity contribution in [2.24, 2.45) is 5.92 Å². The van der Waals surface area contributed by atoms with Gasteiger partial charge < -0.3 is 20.5 Å². The molecule has 6 heteroatoms. The highest BCUT2D eigenvalue weighted by Crippen LogP contribution is 2.20. The minimum atomic E-state index is -0.586. The molecule has 21 heavy (non-hydrogen) atoms. The van der Waals surface area contributed by atoms with E-state index in [0.717, 1.165) is 26.1 Å². The lowest BCUT2D eigenvalue weighted by atomic mass is 10.0. The Hall–Kier alpha value is -1.66. The second-order valence-electron chi connectivity index (χ2n) is 5.25. The number of anilines is 2. The van der Waals surface area contributed by atoms with Crippen LogP contribution in [0, 0.1) is 11.7 Å². The van der Waals surface area contributed by atoms with Crippen LogP contribution in [0.2, 0.25) is 0 Å². The zero-order valence-electron chi connectivity index (χ0n) is 12.1. The number of hydrogen-bond donors (Lipinski definition) is 2. The van der Waals surface area contributed by atoms with Gasteiger partial charge in [0.1, 0.15) is 11.9 Å². The van der Waals surface area contributed by atoms with Crippen molar-refractivity contribution in [2.75, 3.05) is 30.9 Å². The van der Waals surface area contributed by atoms with E-state index in [-0.39, 0.29) is 11.6 Å². The fraction of sp³-hybridized carbons (Fsp3) is 0.533. The summed E-state index contributed by atoms with van der Waals surface area (Å²) in [6.45, 7) is 3.73. The highest BCUT2D eigenvalue weighted by molar-refractivity contribution is 5.96. The predicted molar refractivity (Wildman–Crippen MR) is 78.4 cm³/mol. The van der Waals surface area contributed by atoms with Gasteiger partial charge in [-0.25, -0.2) is 4.39 Å². The molecule has 116 valence electrons. The Bertz CT molecular complexity index is 490. The summed E-state index contributed by atoms with van der Waals surface area (Å²) in [5, 5.41) is 2.64. The lowest BCUT2D eigenvalue weighted by molar-refractivity contribution is -0.127. The zero-order chi connectivity index (χ0) is 15.2. The standard InChI is InChI=1S/C15H21FN2O3/c1-10(21-9-11-4-6-20-7-5-11)15(19)18-14-3-2-12(16)8-13(14)17/h2-3,8,10-11H,4-7,9,17H2,1H3,(H,18,19). The number of nitrogens with two attached hydrogens (primary N) is 1. The van der Waals surface area contributed by atoms with E-state index in [2.05, 4.69) is 5.32 Å². The number of hydrogen-bond acceptors (Lipinski definition) is 4. The van der Waals surface area contributed by atoms with E-state index in [0.29, 0.717) is 18.2 Å². The van der Waals surface area contributed by atoms with Crippen LogP contribution in [0.5, 0.6) is 0 Å². The lowest BCUT2D eigenvalue weighted by Crippen LogP contribution is -2.31. The summed E-state index contributed by atoms with van der Waals surface area (Å²) in [4.78, 5) is 12.0. The molecule has 0 spiro atoms. The van der Waals surface area contributed by atoms with Crippen LogP contribution in [0.25, 0.3) is 0 Å². The number of rotatable bonds is 5. The topological polar surface area (TPSA) is 73.6 Å². The maximum Gasteiger partial charge on any atom is 0.253 e. The first-order valence-corrected chi connectivity index (χ1v) is 7.11. The summed E-state index contributed by atoms with van der Waals surface area (Å²) in [5.74, 6) is -0.292. The molecule has 1 aliphatic heterocycles. The molecule has 3 N–H and O–H groups in total. The maximum atomic E-state index is 12.9. The van der Waals surface area contributed by atoms with Crippen molar-refractivity contribution < 1.29 is 18.7 Å². The van der Waals surface area contributed by atoms with Crippen LogP contribution in [0.1, 0.15) is 19.8 Å². The molecule has 1 aromatic carbocycles. The average molecular weight is 296 g/mol. The quantitative estimate of drug-likeness (QED) is 0.817. The van der Waals surface area contributed by atoms with Crippen molar-refractivity contribution in [3.8, 4) is 0 Å². The third kappa shape index (κ3) is 4.68. The molecule has 2 rings (SSSR count). The molecule has 1 heterocycles. The summed E-state index contributed by atoms with van der Waals surface area (Å²) in [5.41, 5.74) is 6.24. The fourth-order valence-corrected chi connectivity index (χ4v) is 2.15. The monoisotopic (exact) mass is 296 g/mol. The van der Waals surface area contributed by atoms with Crippen molar-refractivity contribution >= 4 is 17.3 Å². The van der Waals surface area contributed by atoms with E-state index in [9.17, 15) is 9.18 Å². The summed E-state index contributed by atoms with van der Waals surface area (Å²) >= 11 is 0. The molecule has 1 aliphatic rings. The Morgan fingerprint density at radius 2 is 2.24 bits per heavy atom. The van der Waals surface area contributed by atoms with Gasteiger partial charge in [0.05, 0.1) is 18.0 Å². The van der Waals surface area contributed by atoms with Gasteiger partial charge in [-0.15, -0.1) is 0 Å². The van der Waals surface area contributed by atoms with Gasteiger partial charge in [0.25, 0.3) is 5.91 Å². The van der Waals surface area contributed by atoms with Gasteiger partial charge in [-0.2, -0.15) is 0 Å². The third-order valence-electron chi connectivity index (χ3n) is 3.56. The number of halogens is 1. The van der Waals surface area contributed by atoms with Gasteiger partial charge >= 0.3 is 0 Å². The Morgan fingerprint density at radius 1 is 1.52 bits per heavy atom. The molecule has 1 fully saturated rings. The molecule has 1 amide bonds. The minimum Gasteiger partial charge on any atom is -0.397 e. The fourth-order valence-electron chi connectivity index (χ4n) is 2.15. The summed E-state index contributed by atoms with van der Waals surface area (Å²) in [6, 6.07) is 3.86. The van der Waals surface area contributed by atoms with E-state index in [4.69, 9.17) is 15.2 Å². The molecule has 1 aromatic rings. The first-order valence-electron chi connectivity index (χ1n) is 7.11. The molecule has 1 atom stereocenters. The first kappa shape index (κ1) is 15.7. The molecule has 0 saturated carbocycles. The first-order chi connectivity index (χ1) is 10.1. The number of nitrogens with one attached hydrogen (secondary N) is 1. The maximum absolute atomic E-state index is 12.9. The number of carbonyl (C=O) groups is 1. The van der Waals surface area contributed by atoms with Crippen LogP contribution in [0.3, 0.4) is 0 Å². The summed E-state index contributed by atoms with van der Waals surface area (Å²) < 4.78 is 23.8.